The van der Waals surface area contributed by atoms with Gasteiger partial charge in [-0.25, -0.2) is 4.98 Å². The minimum absolute atomic E-state index is 0.0633. The summed E-state index contributed by atoms with van der Waals surface area (Å²) in [6.07, 6.45) is 1.84. The number of benzene rings is 3. The molecule has 2 saturated heterocycles. The molecule has 3 heterocycles. The van der Waals surface area contributed by atoms with E-state index in [9.17, 15) is 9.59 Å². The Hall–Kier alpha value is -2.91. The number of imidazole rings is 1. The average molecular weight is 655 g/mol. The third kappa shape index (κ3) is 6.02. The number of hydrogen-bond donors (Lipinski definition) is 0. The molecule has 2 amide bonds. The fourth-order valence-electron chi connectivity index (χ4n) is 5.86. The van der Waals surface area contributed by atoms with Crippen molar-refractivity contribution < 1.29 is 9.59 Å². The topological polar surface area (TPSA) is 61.7 Å². The van der Waals surface area contributed by atoms with Gasteiger partial charge in [-0.1, -0.05) is 51.3 Å². The Morgan fingerprint density at radius 1 is 0.878 bits per heavy atom. The van der Waals surface area contributed by atoms with Crippen molar-refractivity contribution in [2.75, 3.05) is 39.3 Å². The van der Waals surface area contributed by atoms with Crippen LogP contribution in [0, 0.1) is 5.92 Å². The van der Waals surface area contributed by atoms with Gasteiger partial charge in [0.2, 0.25) is 5.91 Å². The lowest BCUT2D eigenvalue weighted by atomic mass is 9.96. The van der Waals surface area contributed by atoms with Crippen LogP contribution < -0.4 is 0 Å². The van der Waals surface area contributed by atoms with Crippen LogP contribution >= 0.6 is 39.1 Å². The van der Waals surface area contributed by atoms with Crippen LogP contribution in [0.5, 0.6) is 0 Å². The number of carbonyl (C=O) groups excluding carboxylic acids is 2. The van der Waals surface area contributed by atoms with Gasteiger partial charge in [0.15, 0.2) is 0 Å². The maximum atomic E-state index is 13.6. The summed E-state index contributed by atoms with van der Waals surface area (Å²) in [6, 6.07) is 21.4. The van der Waals surface area contributed by atoms with Gasteiger partial charge in [0, 0.05) is 48.4 Å². The molecule has 1 aromatic heterocycles. The molecule has 0 saturated carbocycles. The van der Waals surface area contributed by atoms with E-state index in [1.807, 2.05) is 35.2 Å². The SMILES string of the molecule is O=C(c1ccc(Cl)c(Cl)c1)N1CCN(C(=O)[C@H]2CCCN(Cc3nc4ccccc4n3-c3ccc(Br)cc3)C2)CC1. The quantitative estimate of drug-likeness (QED) is 0.254. The first-order chi connectivity index (χ1) is 19.9. The predicted octanol–water partition coefficient (Wildman–Crippen LogP) is 6.29. The Bertz CT molecular complexity index is 1580. The number of amides is 2. The maximum Gasteiger partial charge on any atom is 0.254 e. The highest BCUT2D eigenvalue weighted by Gasteiger charge is 2.32. The van der Waals surface area contributed by atoms with Gasteiger partial charge < -0.3 is 9.80 Å². The zero-order valence-corrected chi connectivity index (χ0v) is 25.6. The summed E-state index contributed by atoms with van der Waals surface area (Å²) in [5.41, 5.74) is 3.61. The van der Waals surface area contributed by atoms with Crippen molar-refractivity contribution in [2.45, 2.75) is 19.4 Å². The highest BCUT2D eigenvalue weighted by Crippen LogP contribution is 2.27. The largest absolute Gasteiger partial charge is 0.339 e. The van der Waals surface area contributed by atoms with Gasteiger partial charge in [0.25, 0.3) is 5.91 Å². The number of halogens is 3. The summed E-state index contributed by atoms with van der Waals surface area (Å²) in [4.78, 5) is 37.6. The Labute approximate surface area is 257 Å². The minimum atomic E-state index is -0.0897. The molecule has 0 N–H and O–H groups in total. The summed E-state index contributed by atoms with van der Waals surface area (Å²) in [7, 11) is 0. The zero-order chi connectivity index (χ0) is 28.5. The first kappa shape index (κ1) is 28.2. The van der Waals surface area contributed by atoms with E-state index in [2.05, 4.69) is 43.6 Å². The van der Waals surface area contributed by atoms with Crippen molar-refractivity contribution in [1.82, 2.24) is 24.3 Å². The van der Waals surface area contributed by atoms with Crippen LogP contribution in [0.25, 0.3) is 16.7 Å². The molecule has 2 fully saturated rings. The molecule has 0 bridgehead atoms. The Balaban J connectivity index is 1.11. The van der Waals surface area contributed by atoms with Crippen molar-refractivity contribution in [1.29, 1.82) is 0 Å². The van der Waals surface area contributed by atoms with Crippen molar-refractivity contribution in [2.24, 2.45) is 5.92 Å². The summed E-state index contributed by atoms with van der Waals surface area (Å²) in [5.74, 6) is 0.994. The lowest BCUT2D eigenvalue weighted by Crippen LogP contribution is -2.53. The number of likely N-dealkylation sites (tertiary alicyclic amines) is 1. The standard InChI is InChI=1S/C31H30BrCl2N5O2/c32-23-8-10-24(11-9-23)39-28-6-2-1-5-27(28)35-29(39)20-36-13-3-4-22(19-36)31(41)38-16-14-37(15-17-38)30(40)21-7-12-25(33)26(34)18-21/h1-2,5-12,18,22H,3-4,13-17,19-20H2/t22-/m0/s1. The van der Waals surface area contributed by atoms with E-state index in [1.165, 1.54) is 0 Å². The number of carbonyl (C=O) groups is 2. The van der Waals surface area contributed by atoms with Crippen LogP contribution in [-0.2, 0) is 11.3 Å². The molecule has 41 heavy (non-hydrogen) atoms. The molecule has 6 rings (SSSR count). The molecule has 2 aliphatic heterocycles. The number of fused-ring (bicyclic) bond motifs is 1. The number of para-hydroxylation sites is 2. The molecule has 3 aromatic carbocycles. The summed E-state index contributed by atoms with van der Waals surface area (Å²) in [6.45, 7) is 4.35. The summed E-state index contributed by atoms with van der Waals surface area (Å²) < 4.78 is 3.25. The number of aromatic nitrogens is 2. The average Bonchev–Trinajstić information content (AvgIpc) is 3.36. The van der Waals surface area contributed by atoms with Crippen LogP contribution in [-0.4, -0.2) is 75.3 Å². The lowest BCUT2D eigenvalue weighted by molar-refractivity contribution is -0.139. The third-order valence-corrected chi connectivity index (χ3v) is 9.25. The van der Waals surface area contributed by atoms with E-state index in [-0.39, 0.29) is 17.7 Å². The molecule has 10 heteroatoms. The number of piperazine rings is 1. The van der Waals surface area contributed by atoms with Gasteiger partial charge in [0.1, 0.15) is 5.82 Å². The molecule has 4 aromatic rings. The molecule has 0 aliphatic carbocycles. The van der Waals surface area contributed by atoms with E-state index in [0.29, 0.717) is 54.9 Å². The Kier molecular flexibility index (Phi) is 8.35. The minimum Gasteiger partial charge on any atom is -0.339 e. The number of piperidine rings is 1. The van der Waals surface area contributed by atoms with Crippen LogP contribution in [0.4, 0.5) is 0 Å². The fourth-order valence-corrected chi connectivity index (χ4v) is 6.42. The van der Waals surface area contributed by atoms with Crippen molar-refractivity contribution in [3.8, 4) is 5.69 Å². The summed E-state index contributed by atoms with van der Waals surface area (Å²) >= 11 is 15.7. The van der Waals surface area contributed by atoms with Crippen LogP contribution in [0.1, 0.15) is 29.0 Å². The second kappa shape index (κ2) is 12.1. The highest BCUT2D eigenvalue weighted by atomic mass is 79.9. The highest BCUT2D eigenvalue weighted by molar-refractivity contribution is 9.10. The predicted molar refractivity (Wildman–Crippen MR) is 166 cm³/mol. The van der Waals surface area contributed by atoms with Crippen molar-refractivity contribution >= 4 is 62.0 Å². The van der Waals surface area contributed by atoms with E-state index in [1.54, 1.807) is 23.1 Å². The number of nitrogens with zero attached hydrogens (tertiary/aromatic N) is 5. The second-order valence-electron chi connectivity index (χ2n) is 10.6. The molecule has 212 valence electrons. The maximum absolute atomic E-state index is 13.6. The van der Waals surface area contributed by atoms with E-state index >= 15 is 0 Å². The van der Waals surface area contributed by atoms with Crippen molar-refractivity contribution in [3.63, 3.8) is 0 Å². The molecular weight excluding hydrogens is 625 g/mol. The Morgan fingerprint density at radius 2 is 1.61 bits per heavy atom. The van der Waals surface area contributed by atoms with Gasteiger partial charge in [-0.05, 0) is 74.0 Å². The molecule has 0 spiro atoms. The molecule has 0 radical (unpaired) electrons. The second-order valence-corrected chi connectivity index (χ2v) is 12.4. The van der Waals surface area contributed by atoms with Crippen molar-refractivity contribution in [3.05, 3.63) is 92.6 Å². The van der Waals surface area contributed by atoms with Gasteiger partial charge in [-0.15, -0.1) is 0 Å². The third-order valence-electron chi connectivity index (χ3n) is 7.98. The first-order valence-corrected chi connectivity index (χ1v) is 15.4. The van der Waals surface area contributed by atoms with E-state index in [4.69, 9.17) is 28.2 Å². The molecule has 7 nitrogen and oxygen atoms in total. The monoisotopic (exact) mass is 653 g/mol. The van der Waals surface area contributed by atoms with E-state index in [0.717, 1.165) is 46.4 Å². The first-order valence-electron chi connectivity index (χ1n) is 13.8. The van der Waals surface area contributed by atoms with Crippen LogP contribution in [0.2, 0.25) is 10.0 Å². The van der Waals surface area contributed by atoms with E-state index < -0.39 is 0 Å². The normalized spacial score (nSPS) is 18.2. The molecule has 2 aliphatic rings. The Morgan fingerprint density at radius 3 is 2.37 bits per heavy atom. The zero-order valence-electron chi connectivity index (χ0n) is 22.5. The molecule has 1 atom stereocenters. The lowest BCUT2D eigenvalue weighted by Gasteiger charge is -2.39. The fraction of sp³-hybridized carbons (Fsp3) is 0.323. The van der Waals surface area contributed by atoms with Gasteiger partial charge in [-0.3, -0.25) is 19.1 Å². The smallest absolute Gasteiger partial charge is 0.254 e. The van der Waals surface area contributed by atoms with Crippen LogP contribution in [0.3, 0.4) is 0 Å². The van der Waals surface area contributed by atoms with Crippen LogP contribution in [0.15, 0.2) is 71.2 Å². The molecular formula is C31H30BrCl2N5O2. The number of rotatable bonds is 5. The van der Waals surface area contributed by atoms with Gasteiger partial charge in [0.05, 0.1) is 33.5 Å². The summed E-state index contributed by atoms with van der Waals surface area (Å²) in [5, 5.41) is 0.784. The number of hydrogen-bond acceptors (Lipinski definition) is 4. The van der Waals surface area contributed by atoms with Gasteiger partial charge in [-0.2, -0.15) is 0 Å². The van der Waals surface area contributed by atoms with Gasteiger partial charge >= 0.3 is 0 Å². The molecule has 0 unspecified atom stereocenters.